The maximum Gasteiger partial charge on any atom is 0.226 e. The molecule has 6 heteroatoms. The van der Waals surface area contributed by atoms with Crippen LogP contribution in [0, 0.1) is 13.8 Å². The SMILES string of the molecule is CNc1nc(NC)c2nc(C)c(C)nc2n1. The predicted octanol–water partition coefficient (Wildman–Crippen LogP) is 1.12. The van der Waals surface area contributed by atoms with Gasteiger partial charge in [0.15, 0.2) is 17.0 Å². The van der Waals surface area contributed by atoms with Gasteiger partial charge in [0.05, 0.1) is 11.4 Å². The van der Waals surface area contributed by atoms with E-state index in [2.05, 4.69) is 30.6 Å². The van der Waals surface area contributed by atoms with Gasteiger partial charge in [-0.15, -0.1) is 0 Å². The van der Waals surface area contributed by atoms with Crippen LogP contribution in [-0.2, 0) is 0 Å². The molecule has 0 fully saturated rings. The summed E-state index contributed by atoms with van der Waals surface area (Å²) in [5.41, 5.74) is 3.08. The lowest BCUT2D eigenvalue weighted by atomic mass is 10.3. The Balaban J connectivity index is 2.79. The third-order valence-corrected chi connectivity index (χ3v) is 2.40. The van der Waals surface area contributed by atoms with Crippen LogP contribution in [0.4, 0.5) is 11.8 Å². The van der Waals surface area contributed by atoms with E-state index in [1.807, 2.05) is 13.8 Å². The first-order chi connectivity index (χ1) is 7.65. The van der Waals surface area contributed by atoms with E-state index >= 15 is 0 Å². The van der Waals surface area contributed by atoms with E-state index in [4.69, 9.17) is 0 Å². The third kappa shape index (κ3) is 1.62. The number of anilines is 2. The van der Waals surface area contributed by atoms with Crippen molar-refractivity contribution in [3.8, 4) is 0 Å². The summed E-state index contributed by atoms with van der Waals surface area (Å²) in [6, 6.07) is 0. The molecular weight excluding hydrogens is 204 g/mol. The Morgan fingerprint density at radius 1 is 0.812 bits per heavy atom. The zero-order chi connectivity index (χ0) is 11.7. The molecule has 0 saturated heterocycles. The van der Waals surface area contributed by atoms with Crippen molar-refractivity contribution in [3.63, 3.8) is 0 Å². The average Bonchev–Trinajstić information content (AvgIpc) is 2.29. The van der Waals surface area contributed by atoms with Crippen LogP contribution in [0.25, 0.3) is 11.2 Å². The molecule has 16 heavy (non-hydrogen) atoms. The molecule has 0 spiro atoms. The predicted molar refractivity (Wildman–Crippen MR) is 63.7 cm³/mol. The van der Waals surface area contributed by atoms with Crippen LogP contribution < -0.4 is 10.6 Å². The summed E-state index contributed by atoms with van der Waals surface area (Å²) in [6.45, 7) is 3.84. The highest BCUT2D eigenvalue weighted by Gasteiger charge is 2.10. The van der Waals surface area contributed by atoms with Crippen LogP contribution in [0.15, 0.2) is 0 Å². The molecule has 2 aromatic rings. The molecule has 0 aliphatic heterocycles. The number of fused-ring (bicyclic) bond motifs is 1. The van der Waals surface area contributed by atoms with Gasteiger partial charge >= 0.3 is 0 Å². The second-order valence-electron chi connectivity index (χ2n) is 3.46. The maximum absolute atomic E-state index is 4.44. The summed E-state index contributed by atoms with van der Waals surface area (Å²) >= 11 is 0. The quantitative estimate of drug-likeness (QED) is 0.786. The lowest BCUT2D eigenvalue weighted by molar-refractivity contribution is 1.06. The Kier molecular flexibility index (Phi) is 2.55. The molecule has 0 amide bonds. The first-order valence-corrected chi connectivity index (χ1v) is 5.04. The minimum absolute atomic E-state index is 0.536. The van der Waals surface area contributed by atoms with Gasteiger partial charge in [-0.3, -0.25) is 0 Å². The molecule has 0 atom stereocenters. The highest BCUT2D eigenvalue weighted by molar-refractivity contribution is 5.83. The maximum atomic E-state index is 4.44. The van der Waals surface area contributed by atoms with Crippen LogP contribution in [0.3, 0.4) is 0 Å². The van der Waals surface area contributed by atoms with Crippen LogP contribution in [0.1, 0.15) is 11.4 Å². The molecule has 0 aromatic carbocycles. The first kappa shape index (κ1) is 10.5. The highest BCUT2D eigenvalue weighted by atomic mass is 15.2. The van der Waals surface area contributed by atoms with Crippen molar-refractivity contribution in [1.29, 1.82) is 0 Å². The summed E-state index contributed by atoms with van der Waals surface area (Å²) in [6.07, 6.45) is 0. The summed E-state index contributed by atoms with van der Waals surface area (Å²) in [7, 11) is 3.58. The fourth-order valence-corrected chi connectivity index (χ4v) is 1.40. The van der Waals surface area contributed by atoms with Crippen molar-refractivity contribution < 1.29 is 0 Å². The molecule has 0 saturated carbocycles. The number of aromatic nitrogens is 4. The Morgan fingerprint density at radius 3 is 2.12 bits per heavy atom. The zero-order valence-electron chi connectivity index (χ0n) is 9.79. The van der Waals surface area contributed by atoms with Gasteiger partial charge in [-0.05, 0) is 13.8 Å². The van der Waals surface area contributed by atoms with Crippen LogP contribution in [0.5, 0.6) is 0 Å². The van der Waals surface area contributed by atoms with Gasteiger partial charge in [-0.25, -0.2) is 9.97 Å². The highest BCUT2D eigenvalue weighted by Crippen LogP contribution is 2.19. The van der Waals surface area contributed by atoms with Crippen LogP contribution in [-0.4, -0.2) is 34.0 Å². The summed E-state index contributed by atoms with van der Waals surface area (Å²) in [5, 5.41) is 5.90. The van der Waals surface area contributed by atoms with E-state index in [1.54, 1.807) is 14.1 Å². The van der Waals surface area contributed by atoms with Crippen molar-refractivity contribution in [2.75, 3.05) is 24.7 Å². The van der Waals surface area contributed by atoms with Gasteiger partial charge in [-0.2, -0.15) is 9.97 Å². The normalized spacial score (nSPS) is 10.5. The van der Waals surface area contributed by atoms with E-state index in [0.717, 1.165) is 11.4 Å². The van der Waals surface area contributed by atoms with Crippen molar-refractivity contribution in [2.24, 2.45) is 0 Å². The molecule has 2 rings (SSSR count). The Morgan fingerprint density at radius 2 is 1.50 bits per heavy atom. The van der Waals surface area contributed by atoms with Gasteiger partial charge in [0.1, 0.15) is 0 Å². The van der Waals surface area contributed by atoms with Gasteiger partial charge < -0.3 is 10.6 Å². The van der Waals surface area contributed by atoms with E-state index in [0.29, 0.717) is 22.9 Å². The summed E-state index contributed by atoms with van der Waals surface area (Å²) in [4.78, 5) is 17.4. The number of nitrogens with one attached hydrogen (secondary N) is 2. The monoisotopic (exact) mass is 218 g/mol. The Labute approximate surface area is 93.6 Å². The fraction of sp³-hybridized carbons (Fsp3) is 0.400. The minimum Gasteiger partial charge on any atom is -0.371 e. The topological polar surface area (TPSA) is 75.6 Å². The molecule has 0 unspecified atom stereocenters. The van der Waals surface area contributed by atoms with Gasteiger partial charge in [0.2, 0.25) is 5.95 Å². The third-order valence-electron chi connectivity index (χ3n) is 2.40. The van der Waals surface area contributed by atoms with Crippen molar-refractivity contribution >= 4 is 22.9 Å². The second kappa shape index (κ2) is 3.88. The van der Waals surface area contributed by atoms with Gasteiger partial charge in [0, 0.05) is 14.1 Å². The first-order valence-electron chi connectivity index (χ1n) is 5.04. The average molecular weight is 218 g/mol. The Hall–Kier alpha value is -1.98. The zero-order valence-corrected chi connectivity index (χ0v) is 9.79. The number of hydrogen-bond acceptors (Lipinski definition) is 6. The molecule has 6 nitrogen and oxygen atoms in total. The lowest BCUT2D eigenvalue weighted by Gasteiger charge is -2.08. The standard InChI is InChI=1S/C10H14N6/c1-5-6(2)14-9-7(13-5)8(11-3)15-10(12-4)16-9/h1-4H3,(H2,11,12,14,15,16). The molecule has 0 bridgehead atoms. The van der Waals surface area contributed by atoms with Crippen molar-refractivity contribution in [3.05, 3.63) is 11.4 Å². The number of rotatable bonds is 2. The Bertz CT molecular complexity index is 536. The number of hydrogen-bond donors (Lipinski definition) is 2. The van der Waals surface area contributed by atoms with E-state index in [-0.39, 0.29) is 0 Å². The van der Waals surface area contributed by atoms with Crippen LogP contribution >= 0.6 is 0 Å². The molecule has 0 aliphatic carbocycles. The lowest BCUT2D eigenvalue weighted by Crippen LogP contribution is -2.05. The number of nitrogens with zero attached hydrogens (tertiary/aromatic N) is 4. The summed E-state index contributed by atoms with van der Waals surface area (Å²) in [5.74, 6) is 1.22. The van der Waals surface area contributed by atoms with E-state index < -0.39 is 0 Å². The second-order valence-corrected chi connectivity index (χ2v) is 3.46. The molecule has 0 radical (unpaired) electrons. The van der Waals surface area contributed by atoms with Gasteiger partial charge in [-0.1, -0.05) is 0 Å². The largest absolute Gasteiger partial charge is 0.371 e. The van der Waals surface area contributed by atoms with Gasteiger partial charge in [0.25, 0.3) is 0 Å². The molecule has 2 heterocycles. The summed E-state index contributed by atoms with van der Waals surface area (Å²) < 4.78 is 0. The molecule has 84 valence electrons. The van der Waals surface area contributed by atoms with Crippen molar-refractivity contribution in [2.45, 2.75) is 13.8 Å². The molecule has 0 aliphatic rings. The van der Waals surface area contributed by atoms with Crippen LogP contribution in [0.2, 0.25) is 0 Å². The fourth-order valence-electron chi connectivity index (χ4n) is 1.40. The van der Waals surface area contributed by atoms with E-state index in [1.165, 1.54) is 0 Å². The number of aryl methyl sites for hydroxylation is 2. The smallest absolute Gasteiger partial charge is 0.226 e. The van der Waals surface area contributed by atoms with Crippen molar-refractivity contribution in [1.82, 2.24) is 19.9 Å². The molecule has 2 aromatic heterocycles. The molecule has 2 N–H and O–H groups in total. The van der Waals surface area contributed by atoms with E-state index in [9.17, 15) is 0 Å². The molecular formula is C10H14N6. The minimum atomic E-state index is 0.536.